The predicted molar refractivity (Wildman–Crippen MR) is 70.6 cm³/mol. The molecule has 1 atom stereocenters. The van der Waals surface area contributed by atoms with E-state index in [0.717, 1.165) is 58.0 Å². The average Bonchev–Trinajstić information content (AvgIpc) is 2.79. The first-order chi connectivity index (χ1) is 8.25. The lowest BCUT2D eigenvalue weighted by Gasteiger charge is -2.27. The Balaban J connectivity index is 2.31. The summed E-state index contributed by atoms with van der Waals surface area (Å²) in [5.41, 5.74) is -0.291. The topological polar surface area (TPSA) is 41.1 Å². The van der Waals surface area contributed by atoms with Crippen molar-refractivity contribution in [1.29, 1.82) is 0 Å². The number of unbranched alkanes of at least 4 members (excludes halogenated alkanes) is 2. The molecule has 0 bridgehead atoms. The molecule has 3 nitrogen and oxygen atoms in total. The summed E-state index contributed by atoms with van der Waals surface area (Å²) in [6, 6.07) is 0. The van der Waals surface area contributed by atoms with Crippen molar-refractivity contribution in [2.75, 3.05) is 13.1 Å². The Morgan fingerprint density at radius 1 is 1.53 bits per heavy atom. The van der Waals surface area contributed by atoms with Crippen LogP contribution in [0.15, 0.2) is 0 Å². The Hall–Kier alpha value is -1.01. The van der Waals surface area contributed by atoms with E-state index in [4.69, 9.17) is 6.42 Å². The van der Waals surface area contributed by atoms with E-state index < -0.39 is 0 Å². The van der Waals surface area contributed by atoms with Gasteiger partial charge in [-0.05, 0) is 38.6 Å². The van der Waals surface area contributed by atoms with Crippen LogP contribution in [0.5, 0.6) is 0 Å². The fourth-order valence-electron chi connectivity index (χ4n) is 2.48. The zero-order valence-electron chi connectivity index (χ0n) is 10.8. The first-order valence-corrected chi connectivity index (χ1v) is 6.72. The fourth-order valence-corrected chi connectivity index (χ4v) is 2.48. The highest BCUT2D eigenvalue weighted by Crippen LogP contribution is 2.24. The van der Waals surface area contributed by atoms with Crippen molar-refractivity contribution in [2.24, 2.45) is 0 Å². The molecule has 1 rings (SSSR count). The Labute approximate surface area is 105 Å². The van der Waals surface area contributed by atoms with Crippen LogP contribution in [0.1, 0.15) is 51.9 Å². The van der Waals surface area contributed by atoms with Crippen molar-refractivity contribution >= 4 is 5.91 Å². The highest BCUT2D eigenvalue weighted by molar-refractivity contribution is 5.86. The minimum atomic E-state index is -0.291. The third-order valence-corrected chi connectivity index (χ3v) is 3.39. The van der Waals surface area contributed by atoms with Crippen LogP contribution in [0.25, 0.3) is 0 Å². The minimum Gasteiger partial charge on any atom is -0.354 e. The summed E-state index contributed by atoms with van der Waals surface area (Å²) in [4.78, 5) is 12.2. The summed E-state index contributed by atoms with van der Waals surface area (Å²) in [7, 11) is 0. The van der Waals surface area contributed by atoms with Crippen LogP contribution in [-0.2, 0) is 4.79 Å². The first kappa shape index (κ1) is 14.1. The molecule has 1 fully saturated rings. The fraction of sp³-hybridized carbons (Fsp3) is 0.786. The van der Waals surface area contributed by atoms with Gasteiger partial charge >= 0.3 is 0 Å². The van der Waals surface area contributed by atoms with Gasteiger partial charge in [0.05, 0.1) is 5.54 Å². The molecule has 2 N–H and O–H groups in total. The van der Waals surface area contributed by atoms with E-state index in [0.29, 0.717) is 0 Å². The highest BCUT2D eigenvalue weighted by Gasteiger charge is 2.39. The molecule has 1 saturated heterocycles. The molecule has 0 saturated carbocycles. The lowest BCUT2D eigenvalue weighted by atomic mass is 9.91. The van der Waals surface area contributed by atoms with Crippen molar-refractivity contribution < 1.29 is 4.79 Å². The Morgan fingerprint density at radius 2 is 2.35 bits per heavy atom. The Morgan fingerprint density at radius 3 is 2.94 bits per heavy atom. The van der Waals surface area contributed by atoms with Gasteiger partial charge in [-0.2, -0.15) is 0 Å². The smallest absolute Gasteiger partial charge is 0.240 e. The predicted octanol–water partition coefficient (Wildman–Crippen LogP) is 1.83. The van der Waals surface area contributed by atoms with Gasteiger partial charge in [-0.15, -0.1) is 12.3 Å². The molecule has 96 valence electrons. The highest BCUT2D eigenvalue weighted by atomic mass is 16.2. The van der Waals surface area contributed by atoms with E-state index in [9.17, 15) is 4.79 Å². The maximum absolute atomic E-state index is 12.2. The molecule has 1 amide bonds. The van der Waals surface area contributed by atoms with Crippen LogP contribution < -0.4 is 10.6 Å². The molecular weight excluding hydrogens is 212 g/mol. The molecule has 1 unspecified atom stereocenters. The molecule has 1 aliphatic rings. The van der Waals surface area contributed by atoms with Gasteiger partial charge in [-0.3, -0.25) is 4.79 Å². The number of terminal acetylenes is 1. The molecule has 1 aliphatic heterocycles. The summed E-state index contributed by atoms with van der Waals surface area (Å²) >= 11 is 0. The summed E-state index contributed by atoms with van der Waals surface area (Å²) in [6.45, 7) is 3.83. The Bertz CT molecular complexity index is 274. The maximum atomic E-state index is 12.2. The monoisotopic (exact) mass is 236 g/mol. The summed E-state index contributed by atoms with van der Waals surface area (Å²) in [5.74, 6) is 2.79. The average molecular weight is 236 g/mol. The molecule has 0 spiro atoms. The van der Waals surface area contributed by atoms with Crippen molar-refractivity contribution in [3.8, 4) is 12.3 Å². The molecular formula is C14H24N2O. The van der Waals surface area contributed by atoms with Gasteiger partial charge in [0.1, 0.15) is 0 Å². The van der Waals surface area contributed by atoms with E-state index in [-0.39, 0.29) is 11.4 Å². The first-order valence-electron chi connectivity index (χ1n) is 6.72. The third-order valence-electron chi connectivity index (χ3n) is 3.39. The number of nitrogens with one attached hydrogen (secondary N) is 2. The van der Waals surface area contributed by atoms with Crippen LogP contribution in [0.4, 0.5) is 0 Å². The van der Waals surface area contributed by atoms with Gasteiger partial charge in [0.25, 0.3) is 0 Å². The molecule has 0 aromatic heterocycles. The largest absolute Gasteiger partial charge is 0.354 e. The van der Waals surface area contributed by atoms with E-state index in [1.165, 1.54) is 0 Å². The molecule has 0 radical (unpaired) electrons. The van der Waals surface area contributed by atoms with Crippen LogP contribution in [-0.4, -0.2) is 24.5 Å². The standard InChI is InChI=1S/C14H24N2O/c1-3-5-6-7-11-15-13(17)14(9-4-2)10-8-12-16-14/h1,16H,4-12H2,2H3,(H,15,17). The van der Waals surface area contributed by atoms with Gasteiger partial charge < -0.3 is 10.6 Å². The zero-order valence-corrected chi connectivity index (χ0v) is 10.8. The summed E-state index contributed by atoms with van der Waals surface area (Å²) in [5, 5.41) is 6.42. The molecule has 0 aliphatic carbocycles. The van der Waals surface area contributed by atoms with Crippen LogP contribution in [0, 0.1) is 12.3 Å². The second-order valence-corrected chi connectivity index (χ2v) is 4.78. The van der Waals surface area contributed by atoms with Crippen molar-refractivity contribution in [2.45, 2.75) is 57.4 Å². The van der Waals surface area contributed by atoms with Crippen LogP contribution in [0.2, 0.25) is 0 Å². The Kier molecular flexibility index (Phi) is 6.07. The minimum absolute atomic E-state index is 0.178. The molecule has 1 heterocycles. The van der Waals surface area contributed by atoms with Gasteiger partial charge in [-0.25, -0.2) is 0 Å². The second-order valence-electron chi connectivity index (χ2n) is 4.78. The van der Waals surface area contributed by atoms with E-state index in [1.807, 2.05) is 0 Å². The quantitative estimate of drug-likeness (QED) is 0.523. The number of hydrogen-bond acceptors (Lipinski definition) is 2. The molecule has 0 aromatic carbocycles. The van der Waals surface area contributed by atoms with Crippen LogP contribution in [0.3, 0.4) is 0 Å². The number of carbonyl (C=O) groups is 1. The van der Waals surface area contributed by atoms with Gasteiger partial charge in [0, 0.05) is 13.0 Å². The number of rotatable bonds is 7. The van der Waals surface area contributed by atoms with Gasteiger partial charge in [-0.1, -0.05) is 13.3 Å². The van der Waals surface area contributed by atoms with Gasteiger partial charge in [0.15, 0.2) is 0 Å². The normalized spacial score (nSPS) is 23.3. The van der Waals surface area contributed by atoms with Crippen molar-refractivity contribution in [3.05, 3.63) is 0 Å². The number of hydrogen-bond donors (Lipinski definition) is 2. The number of carbonyl (C=O) groups excluding carboxylic acids is 1. The summed E-state index contributed by atoms with van der Waals surface area (Å²) in [6.07, 6.45) is 12.0. The molecule has 17 heavy (non-hydrogen) atoms. The van der Waals surface area contributed by atoms with E-state index in [1.54, 1.807) is 0 Å². The third kappa shape index (κ3) is 4.05. The van der Waals surface area contributed by atoms with Crippen LogP contribution >= 0.6 is 0 Å². The van der Waals surface area contributed by atoms with Crippen molar-refractivity contribution in [1.82, 2.24) is 10.6 Å². The van der Waals surface area contributed by atoms with Gasteiger partial charge in [0.2, 0.25) is 5.91 Å². The van der Waals surface area contributed by atoms with E-state index in [2.05, 4.69) is 23.5 Å². The SMILES string of the molecule is C#CCCCCNC(=O)C1(CCC)CCCN1. The maximum Gasteiger partial charge on any atom is 0.240 e. The molecule has 3 heteroatoms. The van der Waals surface area contributed by atoms with Crippen molar-refractivity contribution in [3.63, 3.8) is 0 Å². The number of amides is 1. The second kappa shape index (κ2) is 7.34. The molecule has 0 aromatic rings. The zero-order chi connectivity index (χ0) is 12.6. The lowest BCUT2D eigenvalue weighted by molar-refractivity contribution is -0.127. The summed E-state index contributed by atoms with van der Waals surface area (Å²) < 4.78 is 0. The van der Waals surface area contributed by atoms with E-state index >= 15 is 0 Å². The lowest BCUT2D eigenvalue weighted by Crippen LogP contribution is -2.53.